The molecule has 0 aromatic rings. The first-order chi connectivity index (χ1) is 9.56. The van der Waals surface area contributed by atoms with Crippen molar-refractivity contribution in [3.63, 3.8) is 0 Å². The second kappa shape index (κ2) is 6.67. The Morgan fingerprint density at radius 2 is 2.25 bits per heavy atom. The summed E-state index contributed by atoms with van der Waals surface area (Å²) in [7, 11) is 1.68. The van der Waals surface area contributed by atoms with Gasteiger partial charge in [0.1, 0.15) is 0 Å². The number of amides is 2. The van der Waals surface area contributed by atoms with E-state index in [9.17, 15) is 9.59 Å². The predicted molar refractivity (Wildman–Crippen MR) is 77.1 cm³/mol. The van der Waals surface area contributed by atoms with Gasteiger partial charge in [-0.05, 0) is 19.3 Å². The molecule has 0 bridgehead atoms. The molecule has 6 nitrogen and oxygen atoms in total. The topological polar surface area (TPSA) is 78.9 Å². The highest BCUT2D eigenvalue weighted by atomic mass is 32.2. The molecule has 1 unspecified atom stereocenters. The fourth-order valence-corrected chi connectivity index (χ4v) is 3.72. The Hall–Kier alpha value is -0.950. The van der Waals surface area contributed by atoms with Crippen LogP contribution < -0.4 is 5.32 Å². The molecule has 2 aliphatic rings. The number of rotatable bonds is 5. The van der Waals surface area contributed by atoms with E-state index in [2.05, 4.69) is 5.32 Å². The molecule has 1 aliphatic carbocycles. The summed E-state index contributed by atoms with van der Waals surface area (Å²) < 4.78 is 5.47. The first-order valence-electron chi connectivity index (χ1n) is 6.95. The maximum absolute atomic E-state index is 12.2. The molecule has 2 rings (SSSR count). The van der Waals surface area contributed by atoms with Crippen LogP contribution in [0.15, 0.2) is 0 Å². The molecular formula is C13H22N2O4S. The minimum absolute atomic E-state index is 0.00976. The molecule has 1 saturated heterocycles. The van der Waals surface area contributed by atoms with Crippen LogP contribution in [0.5, 0.6) is 0 Å². The molecule has 1 saturated carbocycles. The summed E-state index contributed by atoms with van der Waals surface area (Å²) in [6.45, 7) is 1.11. The van der Waals surface area contributed by atoms with Gasteiger partial charge in [0.05, 0.1) is 18.1 Å². The largest absolute Gasteiger partial charge is 0.481 e. The first-order valence-corrected chi connectivity index (χ1v) is 8.11. The van der Waals surface area contributed by atoms with Crippen molar-refractivity contribution in [2.24, 2.45) is 0 Å². The minimum atomic E-state index is -0.859. The summed E-state index contributed by atoms with van der Waals surface area (Å²) in [5.74, 6) is 0.691. The van der Waals surface area contributed by atoms with E-state index in [0.29, 0.717) is 18.8 Å². The summed E-state index contributed by atoms with van der Waals surface area (Å²) >= 11 is 1.70. The monoisotopic (exact) mass is 302 g/mol. The van der Waals surface area contributed by atoms with Gasteiger partial charge in [-0.3, -0.25) is 4.79 Å². The summed E-state index contributed by atoms with van der Waals surface area (Å²) in [5.41, 5.74) is -0.206. The molecule has 1 heterocycles. The van der Waals surface area contributed by atoms with Crippen LogP contribution >= 0.6 is 11.8 Å². The minimum Gasteiger partial charge on any atom is -0.481 e. The molecule has 0 spiro atoms. The molecule has 2 N–H and O–H groups in total. The van der Waals surface area contributed by atoms with Gasteiger partial charge < -0.3 is 20.1 Å². The predicted octanol–water partition coefficient (Wildman–Crippen LogP) is 1.16. The van der Waals surface area contributed by atoms with E-state index >= 15 is 0 Å². The molecule has 2 fully saturated rings. The van der Waals surface area contributed by atoms with Crippen molar-refractivity contribution in [3.05, 3.63) is 0 Å². The molecule has 0 radical (unpaired) electrons. The summed E-state index contributed by atoms with van der Waals surface area (Å²) in [6.07, 6.45) is 3.08. The van der Waals surface area contributed by atoms with E-state index in [0.717, 1.165) is 25.0 Å². The number of aliphatic carboxylic acids is 1. The van der Waals surface area contributed by atoms with Crippen LogP contribution in [-0.2, 0) is 9.53 Å². The molecule has 0 aromatic carbocycles. The first kappa shape index (κ1) is 15.4. The van der Waals surface area contributed by atoms with Crippen LogP contribution in [0.2, 0.25) is 0 Å². The second-order valence-corrected chi connectivity index (χ2v) is 6.57. The van der Waals surface area contributed by atoms with Crippen molar-refractivity contribution in [3.8, 4) is 0 Å². The Morgan fingerprint density at radius 1 is 1.50 bits per heavy atom. The van der Waals surface area contributed by atoms with Crippen molar-refractivity contribution in [2.75, 3.05) is 31.7 Å². The van der Waals surface area contributed by atoms with Gasteiger partial charge >= 0.3 is 12.0 Å². The number of carboxylic acids is 1. The quantitative estimate of drug-likeness (QED) is 0.796. The number of hydrogen-bond donors (Lipinski definition) is 2. The van der Waals surface area contributed by atoms with Gasteiger partial charge in [0.15, 0.2) is 0 Å². The third-order valence-electron chi connectivity index (χ3n) is 4.16. The van der Waals surface area contributed by atoms with E-state index < -0.39 is 5.97 Å². The van der Waals surface area contributed by atoms with Crippen LogP contribution in [0.4, 0.5) is 4.79 Å². The number of carbonyl (C=O) groups is 2. The van der Waals surface area contributed by atoms with Crippen molar-refractivity contribution in [1.29, 1.82) is 0 Å². The molecule has 0 aromatic heterocycles. The highest BCUT2D eigenvalue weighted by Crippen LogP contribution is 2.34. The SMILES string of the molecule is COC1(CNC(=O)N2CCSCC2CC(=O)O)CCC1. The van der Waals surface area contributed by atoms with Gasteiger partial charge in [0, 0.05) is 31.7 Å². The second-order valence-electron chi connectivity index (χ2n) is 5.42. The maximum Gasteiger partial charge on any atom is 0.317 e. The van der Waals surface area contributed by atoms with E-state index in [-0.39, 0.29) is 24.1 Å². The van der Waals surface area contributed by atoms with Crippen molar-refractivity contribution in [1.82, 2.24) is 10.2 Å². The van der Waals surface area contributed by atoms with Crippen LogP contribution in [0.3, 0.4) is 0 Å². The smallest absolute Gasteiger partial charge is 0.317 e. The zero-order valence-electron chi connectivity index (χ0n) is 11.8. The molecular weight excluding hydrogens is 280 g/mol. The number of carbonyl (C=O) groups excluding carboxylic acids is 1. The van der Waals surface area contributed by atoms with Crippen molar-refractivity contribution in [2.45, 2.75) is 37.3 Å². The lowest BCUT2D eigenvalue weighted by Gasteiger charge is -2.41. The number of nitrogens with one attached hydrogen (secondary N) is 1. The van der Waals surface area contributed by atoms with Gasteiger partial charge in [-0.2, -0.15) is 11.8 Å². The van der Waals surface area contributed by atoms with Crippen LogP contribution in [0, 0.1) is 0 Å². The van der Waals surface area contributed by atoms with E-state index in [1.807, 2.05) is 0 Å². The third-order valence-corrected chi connectivity index (χ3v) is 5.25. The Kier molecular flexibility index (Phi) is 5.15. The standard InChI is InChI=1S/C13H22N2O4S/c1-19-13(3-2-4-13)9-14-12(18)15-5-6-20-8-10(15)7-11(16)17/h10H,2-9H2,1H3,(H,14,18)(H,16,17). The zero-order chi connectivity index (χ0) is 14.6. The van der Waals surface area contributed by atoms with Crippen molar-refractivity contribution < 1.29 is 19.4 Å². The number of urea groups is 1. The third kappa shape index (κ3) is 3.58. The summed E-state index contributed by atoms with van der Waals surface area (Å²) in [4.78, 5) is 24.8. The van der Waals surface area contributed by atoms with Gasteiger partial charge in [0.25, 0.3) is 0 Å². The number of nitrogens with zero attached hydrogens (tertiary/aromatic N) is 1. The lowest BCUT2D eigenvalue weighted by Crippen LogP contribution is -2.56. The van der Waals surface area contributed by atoms with Crippen LogP contribution in [0.1, 0.15) is 25.7 Å². The summed E-state index contributed by atoms with van der Waals surface area (Å²) in [5, 5.41) is 11.8. The van der Waals surface area contributed by atoms with E-state index in [1.54, 1.807) is 23.8 Å². The Bertz CT molecular complexity index is 368. The van der Waals surface area contributed by atoms with Gasteiger partial charge in [-0.1, -0.05) is 0 Å². The normalized spacial score (nSPS) is 24.9. The van der Waals surface area contributed by atoms with Crippen molar-refractivity contribution >= 4 is 23.8 Å². The lowest BCUT2D eigenvalue weighted by molar-refractivity contribution is -0.138. The number of hydrogen-bond acceptors (Lipinski definition) is 4. The van der Waals surface area contributed by atoms with E-state index in [4.69, 9.17) is 9.84 Å². The number of methoxy groups -OCH3 is 1. The van der Waals surface area contributed by atoms with Gasteiger partial charge in [-0.15, -0.1) is 0 Å². The fourth-order valence-electron chi connectivity index (χ4n) is 2.66. The maximum atomic E-state index is 12.2. The number of carboxylic acid groups (broad SMARTS) is 1. The molecule has 7 heteroatoms. The average Bonchev–Trinajstić information content (AvgIpc) is 2.37. The van der Waals surface area contributed by atoms with Crippen LogP contribution in [-0.4, -0.2) is 65.4 Å². The fraction of sp³-hybridized carbons (Fsp3) is 0.846. The van der Waals surface area contributed by atoms with Crippen LogP contribution in [0.25, 0.3) is 0 Å². The molecule has 1 aliphatic heterocycles. The lowest BCUT2D eigenvalue weighted by atomic mass is 9.80. The Morgan fingerprint density at radius 3 is 2.80 bits per heavy atom. The highest BCUT2D eigenvalue weighted by molar-refractivity contribution is 7.99. The molecule has 114 valence electrons. The molecule has 2 amide bonds. The summed E-state index contributed by atoms with van der Waals surface area (Å²) in [6, 6.07) is -0.383. The zero-order valence-corrected chi connectivity index (χ0v) is 12.6. The Balaban J connectivity index is 1.87. The average molecular weight is 302 g/mol. The molecule has 1 atom stereocenters. The highest BCUT2D eigenvalue weighted by Gasteiger charge is 2.38. The molecule has 20 heavy (non-hydrogen) atoms. The number of thioether (sulfide) groups is 1. The van der Waals surface area contributed by atoms with Gasteiger partial charge in [-0.25, -0.2) is 4.79 Å². The van der Waals surface area contributed by atoms with Gasteiger partial charge in [0.2, 0.25) is 0 Å². The Labute approximate surface area is 123 Å². The van der Waals surface area contributed by atoms with E-state index in [1.165, 1.54) is 0 Å². The number of ether oxygens (including phenoxy) is 1.